The fourth-order valence-corrected chi connectivity index (χ4v) is 11.4. The van der Waals surface area contributed by atoms with Crippen molar-refractivity contribution in [3.63, 3.8) is 0 Å². The number of carbonyl (C=O) groups is 5. The first-order valence-corrected chi connectivity index (χ1v) is 29.0. The van der Waals surface area contributed by atoms with E-state index in [1.165, 1.54) is 46.1 Å². The van der Waals surface area contributed by atoms with Crippen LogP contribution in [-0.4, -0.2) is 144 Å². The van der Waals surface area contributed by atoms with Gasteiger partial charge in [-0.05, 0) is 42.0 Å². The molecule has 3 aliphatic heterocycles. The summed E-state index contributed by atoms with van der Waals surface area (Å²) in [6.45, 7) is -8.35. The van der Waals surface area contributed by atoms with E-state index in [1.807, 2.05) is 0 Å². The Labute approximate surface area is 455 Å². The lowest BCUT2D eigenvalue weighted by molar-refractivity contribution is -0.131. The van der Waals surface area contributed by atoms with Crippen LogP contribution in [0.2, 0.25) is 0 Å². The molecule has 0 bridgehead atoms. The molecule has 3 unspecified atom stereocenters. The first-order valence-electron chi connectivity index (χ1n) is 23.6. The van der Waals surface area contributed by atoms with Crippen molar-refractivity contribution in [2.24, 2.45) is 16.8 Å². The van der Waals surface area contributed by atoms with Gasteiger partial charge in [-0.2, -0.15) is 0 Å². The minimum absolute atomic E-state index is 0.00117. The number of primary amides is 1. The molecule has 38 heteroatoms. The number of rotatable bonds is 17. The number of benzene rings is 1. The largest absolute Gasteiger partial charge is 0.509 e. The number of thiol groups is 2. The van der Waals surface area contributed by atoms with Crippen LogP contribution in [0.1, 0.15) is 44.7 Å². The molecule has 3 saturated heterocycles. The number of anilines is 3. The molecule has 4 aromatic heterocycles. The van der Waals surface area contributed by atoms with Gasteiger partial charge in [0.15, 0.2) is 47.7 Å². The number of halogens is 1. The molecule has 12 atom stereocenters. The van der Waals surface area contributed by atoms with E-state index in [-0.39, 0.29) is 59.0 Å². The molecule has 3 aliphatic rings. The zero-order valence-electron chi connectivity index (χ0n) is 41.4. The Hall–Kier alpha value is -6.97. The van der Waals surface area contributed by atoms with E-state index in [4.69, 9.17) is 59.8 Å². The number of hydrogen-bond acceptors (Lipinski definition) is 24. The maximum Gasteiger partial charge on any atom is 0.509 e. The normalized spacial score (nSPS) is 26.8. The van der Waals surface area contributed by atoms with Crippen molar-refractivity contribution in [3.05, 3.63) is 65.6 Å². The fourth-order valence-electron chi connectivity index (χ4n) is 8.41. The van der Waals surface area contributed by atoms with Crippen LogP contribution in [0.25, 0.3) is 32.8 Å². The van der Waals surface area contributed by atoms with Gasteiger partial charge in [0.25, 0.3) is 0 Å². The first-order chi connectivity index (χ1) is 37.6. The Balaban J connectivity index is 0.968. The van der Waals surface area contributed by atoms with Crippen LogP contribution < -0.4 is 38.5 Å². The average Bonchev–Trinajstić information content (AvgIpc) is 4.29. The first kappa shape index (κ1) is 58.2. The fraction of sp³-hybridized carbons (Fsp3) is 0.488. The third-order valence-corrected chi connectivity index (χ3v) is 15.4. The average molecular weight is 1180 g/mol. The lowest BCUT2D eigenvalue weighted by Crippen LogP contribution is -2.55. The summed E-state index contributed by atoms with van der Waals surface area (Å²) in [6.07, 6.45) is -9.56. The Morgan fingerprint density at radius 3 is 2.04 bits per heavy atom. The van der Waals surface area contributed by atoms with Crippen LogP contribution in [0, 0.1) is 5.92 Å². The third-order valence-electron chi connectivity index (χ3n) is 12.1. The molecule has 7 heterocycles. The SMILES string of the molecule is CC(C)[C@H](NC(=O)CN=[N+]=[N-])C(=O)N[C@@H](CCCNC(N)=O)C(=O)Nc1ccc(COC(=O)OC2[C@@H]3O[P@](=O)(S)OCC4O[C@@H](n5cnc6c(N)ncnc65)[C@H](F)[C@@H]4O[P@](=O)(S)OCC3O[C@H]2n2cnc3c(N)ncnc32)cc1. The van der Waals surface area contributed by atoms with Crippen LogP contribution >= 0.6 is 38.1 Å². The van der Waals surface area contributed by atoms with E-state index in [0.717, 1.165) is 12.7 Å². The number of amides is 5. The summed E-state index contributed by atoms with van der Waals surface area (Å²) >= 11 is 8.31. The number of urea groups is 1. The Morgan fingerprint density at radius 1 is 0.861 bits per heavy atom. The van der Waals surface area contributed by atoms with E-state index >= 15 is 4.39 Å². The number of hydrogen-bond donors (Lipinski definition) is 9. The van der Waals surface area contributed by atoms with Gasteiger partial charge in [0, 0.05) is 17.1 Å². The molecule has 5 amide bonds. The molecule has 79 heavy (non-hydrogen) atoms. The van der Waals surface area contributed by atoms with Gasteiger partial charge < -0.3 is 57.4 Å². The highest BCUT2D eigenvalue weighted by atomic mass is 32.7. The molecule has 8 rings (SSSR count). The number of alkyl halides is 1. The lowest BCUT2D eigenvalue weighted by atomic mass is 10.0. The number of carbonyl (C=O) groups excluding carboxylic acids is 5. The van der Waals surface area contributed by atoms with Crippen LogP contribution in [0.5, 0.6) is 0 Å². The van der Waals surface area contributed by atoms with Gasteiger partial charge in [0.1, 0.15) is 73.3 Å². The number of nitrogen functional groups attached to an aromatic ring is 2. The van der Waals surface area contributed by atoms with E-state index in [1.54, 1.807) is 13.8 Å². The Morgan fingerprint density at radius 2 is 1.44 bits per heavy atom. The van der Waals surface area contributed by atoms with Crippen LogP contribution in [0.4, 0.5) is 31.3 Å². The van der Waals surface area contributed by atoms with Crippen molar-refractivity contribution in [1.82, 2.24) is 55.0 Å². The monoisotopic (exact) mass is 1180 g/mol. The summed E-state index contributed by atoms with van der Waals surface area (Å²) in [7, 11) is 0. The summed E-state index contributed by atoms with van der Waals surface area (Å²) in [6, 6.07) is 2.83. The zero-order valence-corrected chi connectivity index (χ0v) is 44.9. The van der Waals surface area contributed by atoms with Crippen molar-refractivity contribution in [2.45, 2.75) is 94.5 Å². The second-order valence-corrected chi connectivity index (χ2v) is 23.6. The second-order valence-electron chi connectivity index (χ2n) is 17.9. The maximum atomic E-state index is 16.5. The minimum atomic E-state index is -4.64. The molecular formula is C41H51FN18O15P2S2. The number of imidazole rings is 2. The number of ether oxygens (including phenoxy) is 4. The number of aromatic nitrogens is 8. The molecule has 0 radical (unpaired) electrons. The van der Waals surface area contributed by atoms with Gasteiger partial charge in [-0.15, -0.1) is 0 Å². The topological polar surface area (TPSA) is 455 Å². The van der Waals surface area contributed by atoms with Crippen molar-refractivity contribution >= 4 is 108 Å². The van der Waals surface area contributed by atoms with E-state index in [2.05, 4.69) is 85.7 Å². The van der Waals surface area contributed by atoms with E-state index in [9.17, 15) is 33.1 Å². The molecule has 0 spiro atoms. The summed E-state index contributed by atoms with van der Waals surface area (Å²) in [5.41, 5.74) is 26.8. The molecule has 0 aliphatic carbocycles. The van der Waals surface area contributed by atoms with E-state index < -0.39 is 137 Å². The molecular weight excluding hydrogens is 1130 g/mol. The summed E-state index contributed by atoms with van der Waals surface area (Å²) in [5, 5.41) is 13.4. The third kappa shape index (κ3) is 14.1. The molecule has 424 valence electrons. The van der Waals surface area contributed by atoms with Crippen LogP contribution in [0.15, 0.2) is 54.7 Å². The van der Waals surface area contributed by atoms with Crippen molar-refractivity contribution in [3.8, 4) is 0 Å². The highest BCUT2D eigenvalue weighted by Crippen LogP contribution is 2.60. The number of azide groups is 1. The molecule has 33 nitrogen and oxygen atoms in total. The zero-order chi connectivity index (χ0) is 56.8. The van der Waals surface area contributed by atoms with Crippen molar-refractivity contribution in [2.75, 3.05) is 43.1 Å². The Kier molecular flexibility index (Phi) is 18.4. The summed E-state index contributed by atoms with van der Waals surface area (Å²) in [4.78, 5) is 91.4. The number of fused-ring (bicyclic) bond motifs is 4. The number of nitrogens with one attached hydrogen (secondary N) is 4. The van der Waals surface area contributed by atoms with Crippen LogP contribution in [-0.2, 0) is 67.2 Å². The Bertz CT molecular complexity index is 3230. The number of nitrogens with zero attached hydrogens (tertiary/aromatic N) is 11. The maximum absolute atomic E-state index is 16.5. The highest BCUT2D eigenvalue weighted by molar-refractivity contribution is 8.44. The minimum Gasteiger partial charge on any atom is -0.429 e. The van der Waals surface area contributed by atoms with Gasteiger partial charge in [0.05, 0.1) is 25.9 Å². The van der Waals surface area contributed by atoms with Crippen molar-refractivity contribution in [1.29, 1.82) is 0 Å². The number of nitrogens with two attached hydrogens (primary N) is 3. The second kappa shape index (κ2) is 25.0. The predicted octanol–water partition coefficient (Wildman–Crippen LogP) is 2.90. The smallest absolute Gasteiger partial charge is 0.429 e. The van der Waals surface area contributed by atoms with E-state index in [0.29, 0.717) is 5.56 Å². The quantitative estimate of drug-likeness (QED) is 0.0123. The summed E-state index contributed by atoms with van der Waals surface area (Å²) < 4.78 is 93.6. The molecule has 3 fully saturated rings. The summed E-state index contributed by atoms with van der Waals surface area (Å²) in [5.74, 6) is -2.58. The molecule has 5 aromatic rings. The van der Waals surface area contributed by atoms with Gasteiger partial charge >= 0.3 is 25.8 Å². The van der Waals surface area contributed by atoms with Gasteiger partial charge in [-0.3, -0.25) is 41.6 Å². The standard InChI is InChI=1S/C41H51FN18O15P2S2/c1-18(2)26(57-24(61)10-54-58-46)37(63)56-21(4-3-9-47-40(45)64)36(62)55-20-7-5-19(6-8-20)11-68-41(65)73-31-30-23(72-39(31)60-17-53-28-33(44)49-15-51-35(28)60)13-70-76(66,78)74-29-22(12-69-77(67,79)75-30)71-38(25(29)42)59-16-52-27-32(43)48-14-50-34(27)59/h5-8,14-18,21-23,25-26,29-31,38-39H,3-4,9-13H2,1-2H3,(H,55,62)(H,56,63)(H,57,61)(H,66,78)(H,67,79)(H2,43,48,50)(H2,44,49,51)(H3,45,47,64)/t21-,22?,23?,25+,26-,29+,30+,31?,38+,39+,76+,77+/m0/s1. The lowest BCUT2D eigenvalue weighted by Gasteiger charge is -2.29. The van der Waals surface area contributed by atoms with Gasteiger partial charge in [-0.25, -0.2) is 53.0 Å². The van der Waals surface area contributed by atoms with Crippen molar-refractivity contribution < 1.29 is 74.5 Å². The van der Waals surface area contributed by atoms with Gasteiger partial charge in [-0.1, -0.05) is 55.6 Å². The predicted molar refractivity (Wildman–Crippen MR) is 277 cm³/mol. The molecule has 0 saturated carbocycles. The van der Waals surface area contributed by atoms with Gasteiger partial charge in [0.2, 0.25) is 17.7 Å². The molecule has 10 N–H and O–H groups in total. The molecule has 1 aromatic carbocycles. The van der Waals surface area contributed by atoms with Crippen LogP contribution in [0.3, 0.4) is 0 Å². The highest BCUT2D eigenvalue weighted by Gasteiger charge is 2.55.